The maximum atomic E-state index is 11.9. The summed E-state index contributed by atoms with van der Waals surface area (Å²) in [7, 11) is 0. The Balaban J connectivity index is 2.11. The van der Waals surface area contributed by atoms with Gasteiger partial charge in [-0.25, -0.2) is 0 Å². The highest BCUT2D eigenvalue weighted by atomic mass is 32.1. The number of likely N-dealkylation sites (tertiary alicyclic amines) is 1. The second kappa shape index (κ2) is 4.91. The summed E-state index contributed by atoms with van der Waals surface area (Å²) in [6.07, 6.45) is 0.653. The van der Waals surface area contributed by atoms with Gasteiger partial charge in [-0.05, 0) is 24.2 Å². The highest BCUT2D eigenvalue weighted by molar-refractivity contribution is 7.80. The van der Waals surface area contributed by atoms with Crippen LogP contribution in [0.1, 0.15) is 24.9 Å². The fraction of sp³-hybridized carbons (Fsp3) is 0.462. The van der Waals surface area contributed by atoms with Gasteiger partial charge in [0.2, 0.25) is 5.91 Å². The molecule has 2 nitrogen and oxygen atoms in total. The molecular formula is C13H17NOS. The van der Waals surface area contributed by atoms with Gasteiger partial charge in [-0.15, -0.1) is 0 Å². The molecule has 1 heterocycles. The van der Waals surface area contributed by atoms with Crippen molar-refractivity contribution in [1.29, 1.82) is 0 Å². The normalized spacial score (nSPS) is 22.5. The van der Waals surface area contributed by atoms with Crippen LogP contribution in [0.25, 0.3) is 0 Å². The number of carbonyl (C=O) groups excluding carboxylic acids is 1. The zero-order valence-corrected chi connectivity index (χ0v) is 10.4. The molecule has 1 amide bonds. The average Bonchev–Trinajstić information content (AvgIpc) is 2.71. The first kappa shape index (κ1) is 11.5. The molecule has 1 aromatic rings. The Hall–Kier alpha value is -0.960. The number of carbonyl (C=O) groups is 1. The van der Waals surface area contributed by atoms with Crippen molar-refractivity contribution in [1.82, 2.24) is 4.90 Å². The number of nitrogens with zero attached hydrogens (tertiary/aromatic N) is 1. The van der Waals surface area contributed by atoms with Crippen LogP contribution in [0.15, 0.2) is 30.3 Å². The van der Waals surface area contributed by atoms with Crippen molar-refractivity contribution >= 4 is 18.5 Å². The Morgan fingerprint density at radius 1 is 1.44 bits per heavy atom. The number of hydrogen-bond donors (Lipinski definition) is 1. The van der Waals surface area contributed by atoms with Crippen LogP contribution in [0.4, 0.5) is 0 Å². The molecule has 2 unspecified atom stereocenters. The summed E-state index contributed by atoms with van der Waals surface area (Å²) < 4.78 is 0. The first-order chi connectivity index (χ1) is 7.72. The van der Waals surface area contributed by atoms with Gasteiger partial charge in [-0.3, -0.25) is 4.79 Å². The Morgan fingerprint density at radius 2 is 2.12 bits per heavy atom. The molecule has 0 N–H and O–H groups in total. The Labute approximate surface area is 102 Å². The van der Waals surface area contributed by atoms with Crippen molar-refractivity contribution in [3.05, 3.63) is 35.9 Å². The first-order valence-corrected chi connectivity index (χ1v) is 6.31. The third kappa shape index (κ3) is 2.24. The third-order valence-electron chi connectivity index (χ3n) is 3.25. The Bertz CT molecular complexity index is 365. The number of hydrogen-bond acceptors (Lipinski definition) is 2. The lowest BCUT2D eigenvalue weighted by atomic mass is 10.1. The second-order valence-corrected chi connectivity index (χ2v) is 4.75. The van der Waals surface area contributed by atoms with Gasteiger partial charge in [-0.1, -0.05) is 30.3 Å². The van der Waals surface area contributed by atoms with Crippen LogP contribution in [0.3, 0.4) is 0 Å². The van der Waals surface area contributed by atoms with Crippen LogP contribution in [-0.2, 0) is 4.79 Å². The first-order valence-electron chi connectivity index (χ1n) is 5.67. The molecule has 2 atom stereocenters. The lowest BCUT2D eigenvalue weighted by molar-refractivity contribution is -0.129. The van der Waals surface area contributed by atoms with Crippen molar-refractivity contribution in [2.24, 2.45) is 5.92 Å². The molecular weight excluding hydrogens is 218 g/mol. The molecule has 86 valence electrons. The van der Waals surface area contributed by atoms with Crippen molar-refractivity contribution in [2.45, 2.75) is 19.4 Å². The van der Waals surface area contributed by atoms with Crippen molar-refractivity contribution in [2.75, 3.05) is 12.3 Å². The topological polar surface area (TPSA) is 20.3 Å². The molecule has 2 rings (SSSR count). The van der Waals surface area contributed by atoms with Gasteiger partial charge < -0.3 is 4.90 Å². The predicted octanol–water partition coefficient (Wildman–Crippen LogP) is 2.53. The van der Waals surface area contributed by atoms with Gasteiger partial charge in [0.15, 0.2) is 0 Å². The smallest absolute Gasteiger partial charge is 0.223 e. The molecule has 1 aliphatic rings. The lowest BCUT2D eigenvalue weighted by Crippen LogP contribution is -2.28. The average molecular weight is 235 g/mol. The standard InChI is InChI=1S/C13H17NOS/c1-10(12-5-3-2-4-6-12)14-8-11(9-16)7-13(14)15/h2-6,10-11,16H,7-9H2,1H3. The van der Waals surface area contributed by atoms with E-state index in [0.29, 0.717) is 12.3 Å². The molecule has 0 aromatic heterocycles. The molecule has 0 aliphatic carbocycles. The van der Waals surface area contributed by atoms with E-state index in [-0.39, 0.29) is 11.9 Å². The number of benzene rings is 1. The summed E-state index contributed by atoms with van der Waals surface area (Å²) >= 11 is 4.27. The van der Waals surface area contributed by atoms with Crippen LogP contribution in [0, 0.1) is 5.92 Å². The molecule has 1 aliphatic heterocycles. The largest absolute Gasteiger partial charge is 0.336 e. The van der Waals surface area contributed by atoms with Gasteiger partial charge in [-0.2, -0.15) is 12.6 Å². The van der Waals surface area contributed by atoms with E-state index < -0.39 is 0 Å². The minimum Gasteiger partial charge on any atom is -0.336 e. The van der Waals surface area contributed by atoms with Crippen molar-refractivity contribution in [3.63, 3.8) is 0 Å². The number of thiol groups is 1. The molecule has 1 saturated heterocycles. The predicted molar refractivity (Wildman–Crippen MR) is 68.5 cm³/mol. The van der Waals surface area contributed by atoms with Crippen LogP contribution in [-0.4, -0.2) is 23.1 Å². The highest BCUT2D eigenvalue weighted by Gasteiger charge is 2.32. The summed E-state index contributed by atoms with van der Waals surface area (Å²) in [5.74, 6) is 1.47. The number of amides is 1. The summed E-state index contributed by atoms with van der Waals surface area (Å²) in [6, 6.07) is 10.4. The van der Waals surface area contributed by atoms with Gasteiger partial charge in [0.25, 0.3) is 0 Å². The Kier molecular flexibility index (Phi) is 3.54. The van der Waals surface area contributed by atoms with E-state index >= 15 is 0 Å². The maximum Gasteiger partial charge on any atom is 0.223 e. The SMILES string of the molecule is CC(c1ccccc1)N1CC(CS)CC1=O. The minimum absolute atomic E-state index is 0.179. The molecule has 3 heteroatoms. The summed E-state index contributed by atoms with van der Waals surface area (Å²) in [5, 5.41) is 0. The summed E-state index contributed by atoms with van der Waals surface area (Å²) in [6.45, 7) is 2.94. The second-order valence-electron chi connectivity index (χ2n) is 4.39. The van der Waals surface area contributed by atoms with Crippen molar-refractivity contribution in [3.8, 4) is 0 Å². The van der Waals surface area contributed by atoms with E-state index in [0.717, 1.165) is 12.3 Å². The quantitative estimate of drug-likeness (QED) is 0.798. The van der Waals surface area contributed by atoms with E-state index in [4.69, 9.17) is 0 Å². The molecule has 0 spiro atoms. The molecule has 1 fully saturated rings. The molecule has 16 heavy (non-hydrogen) atoms. The van der Waals surface area contributed by atoms with Gasteiger partial charge in [0.1, 0.15) is 0 Å². The Morgan fingerprint density at radius 3 is 2.69 bits per heavy atom. The van der Waals surface area contributed by atoms with E-state index in [1.165, 1.54) is 5.56 Å². The van der Waals surface area contributed by atoms with Gasteiger partial charge in [0.05, 0.1) is 6.04 Å². The third-order valence-corrected chi connectivity index (χ3v) is 3.76. The highest BCUT2D eigenvalue weighted by Crippen LogP contribution is 2.28. The lowest BCUT2D eigenvalue weighted by Gasteiger charge is -2.25. The monoisotopic (exact) mass is 235 g/mol. The molecule has 1 aromatic carbocycles. The van der Waals surface area contributed by atoms with Crippen LogP contribution in [0.5, 0.6) is 0 Å². The van der Waals surface area contributed by atoms with Gasteiger partial charge in [0, 0.05) is 13.0 Å². The van der Waals surface area contributed by atoms with E-state index in [1.807, 2.05) is 23.1 Å². The summed E-state index contributed by atoms with van der Waals surface area (Å²) in [5.41, 5.74) is 1.20. The molecule has 0 radical (unpaired) electrons. The van der Waals surface area contributed by atoms with Crippen LogP contribution < -0.4 is 0 Å². The fourth-order valence-electron chi connectivity index (χ4n) is 2.22. The van der Waals surface area contributed by atoms with Crippen molar-refractivity contribution < 1.29 is 4.79 Å². The number of rotatable bonds is 3. The van der Waals surface area contributed by atoms with E-state index in [2.05, 4.69) is 31.7 Å². The molecule has 0 saturated carbocycles. The van der Waals surface area contributed by atoms with Crippen LogP contribution >= 0.6 is 12.6 Å². The molecule has 0 bridgehead atoms. The summed E-state index contributed by atoms with van der Waals surface area (Å²) in [4.78, 5) is 13.8. The fourth-order valence-corrected chi connectivity index (χ4v) is 2.46. The van der Waals surface area contributed by atoms with E-state index in [1.54, 1.807) is 0 Å². The maximum absolute atomic E-state index is 11.9. The van der Waals surface area contributed by atoms with Gasteiger partial charge >= 0.3 is 0 Å². The zero-order valence-electron chi connectivity index (χ0n) is 9.47. The van der Waals surface area contributed by atoms with E-state index in [9.17, 15) is 4.79 Å². The zero-order chi connectivity index (χ0) is 11.5. The minimum atomic E-state index is 0.179. The van der Waals surface area contributed by atoms with Crippen LogP contribution in [0.2, 0.25) is 0 Å².